The second-order valence-electron chi connectivity index (χ2n) is 5.57. The van der Waals surface area contributed by atoms with Crippen molar-refractivity contribution in [2.75, 3.05) is 7.11 Å². The molecular weight excluding hydrogens is 354 g/mol. The molecule has 1 unspecified atom stereocenters. The first-order valence-corrected chi connectivity index (χ1v) is 9.12. The van der Waals surface area contributed by atoms with E-state index in [1.165, 1.54) is 12.1 Å². The van der Waals surface area contributed by atoms with Crippen molar-refractivity contribution < 1.29 is 23.3 Å². The minimum absolute atomic E-state index is 0.192. The van der Waals surface area contributed by atoms with Crippen molar-refractivity contribution in [3.63, 3.8) is 0 Å². The average molecular weight is 371 g/mol. The molecule has 134 valence electrons. The molecule has 1 aromatic heterocycles. The van der Waals surface area contributed by atoms with E-state index in [-0.39, 0.29) is 11.3 Å². The maximum atomic E-state index is 12.6. The van der Waals surface area contributed by atoms with Gasteiger partial charge in [0, 0.05) is 10.5 Å². The van der Waals surface area contributed by atoms with E-state index in [1.807, 2.05) is 0 Å². The summed E-state index contributed by atoms with van der Waals surface area (Å²) in [6.45, 7) is 1.77. The Balaban J connectivity index is 1.79. The van der Waals surface area contributed by atoms with Crippen LogP contribution < -0.4 is 4.74 Å². The molecule has 0 bridgehead atoms. The van der Waals surface area contributed by atoms with Crippen LogP contribution in [0.3, 0.4) is 0 Å². The second kappa shape index (κ2) is 7.53. The predicted molar refractivity (Wildman–Crippen MR) is 96.7 cm³/mol. The van der Waals surface area contributed by atoms with E-state index in [2.05, 4.69) is 4.98 Å². The molecule has 0 aliphatic carbocycles. The van der Waals surface area contributed by atoms with Gasteiger partial charge in [0.1, 0.15) is 11.5 Å². The molecule has 1 atom stereocenters. The van der Waals surface area contributed by atoms with E-state index in [4.69, 9.17) is 14.3 Å². The zero-order valence-electron chi connectivity index (χ0n) is 14.3. The maximum absolute atomic E-state index is 12.6. The largest absolute Gasteiger partial charge is 0.497 e. The molecule has 0 amide bonds. The van der Waals surface area contributed by atoms with Crippen LogP contribution in [0.5, 0.6) is 5.75 Å². The van der Waals surface area contributed by atoms with Crippen LogP contribution in [-0.4, -0.2) is 27.4 Å². The monoisotopic (exact) mass is 371 g/mol. The highest BCUT2D eigenvalue weighted by Gasteiger charge is 2.15. The number of nitrogens with zero attached hydrogens (tertiary/aromatic N) is 1. The summed E-state index contributed by atoms with van der Waals surface area (Å²) in [7, 11) is 0.315. The lowest BCUT2D eigenvalue weighted by molar-refractivity contribution is 0.0697. The van der Waals surface area contributed by atoms with Gasteiger partial charge >= 0.3 is 5.97 Å². The lowest BCUT2D eigenvalue weighted by Gasteiger charge is -2.03. The Hall–Kier alpha value is -2.93. The van der Waals surface area contributed by atoms with Crippen molar-refractivity contribution in [3.05, 3.63) is 65.5 Å². The topological polar surface area (TPSA) is 89.6 Å². The van der Waals surface area contributed by atoms with Crippen LogP contribution in [0, 0.1) is 6.92 Å². The number of aromatic carboxylic acids is 1. The van der Waals surface area contributed by atoms with E-state index < -0.39 is 16.8 Å². The fraction of sp³-hybridized carbons (Fsp3) is 0.158. The van der Waals surface area contributed by atoms with Gasteiger partial charge in [-0.1, -0.05) is 0 Å². The van der Waals surface area contributed by atoms with E-state index in [0.717, 1.165) is 0 Å². The summed E-state index contributed by atoms with van der Waals surface area (Å²) >= 11 is 0. The summed E-state index contributed by atoms with van der Waals surface area (Å²) < 4.78 is 23.3. The number of methoxy groups -OCH3 is 1. The lowest BCUT2D eigenvalue weighted by atomic mass is 10.1. The number of aryl methyl sites for hydroxylation is 1. The first-order chi connectivity index (χ1) is 12.5. The highest BCUT2D eigenvalue weighted by atomic mass is 32.2. The molecule has 1 N–H and O–H groups in total. The van der Waals surface area contributed by atoms with E-state index in [9.17, 15) is 9.00 Å². The lowest BCUT2D eigenvalue weighted by Crippen LogP contribution is -1.98. The van der Waals surface area contributed by atoms with Crippen molar-refractivity contribution >= 4 is 16.8 Å². The van der Waals surface area contributed by atoms with Crippen LogP contribution in [0.4, 0.5) is 0 Å². The molecule has 1 heterocycles. The minimum atomic E-state index is -1.26. The number of carboxylic acid groups (broad SMARTS) is 1. The van der Waals surface area contributed by atoms with Crippen molar-refractivity contribution in [3.8, 4) is 17.2 Å². The molecular formula is C19H17NO5S. The van der Waals surface area contributed by atoms with Gasteiger partial charge in [-0.05, 0) is 55.5 Å². The van der Waals surface area contributed by atoms with Crippen LogP contribution >= 0.6 is 0 Å². The summed E-state index contributed by atoms with van der Waals surface area (Å²) in [6, 6.07) is 13.3. The predicted octanol–water partition coefficient (Wildman–Crippen LogP) is 3.66. The number of hydrogen-bond donors (Lipinski definition) is 1. The molecule has 2 aromatic carbocycles. The van der Waals surface area contributed by atoms with Crippen molar-refractivity contribution in [1.82, 2.24) is 4.98 Å². The number of oxazole rings is 1. The van der Waals surface area contributed by atoms with Gasteiger partial charge in [-0.2, -0.15) is 0 Å². The molecule has 0 spiro atoms. The third-order valence-corrected chi connectivity index (χ3v) is 5.20. The highest BCUT2D eigenvalue weighted by molar-refractivity contribution is 7.84. The normalized spacial score (nSPS) is 11.9. The molecule has 0 saturated heterocycles. The molecule has 0 saturated carbocycles. The summed E-state index contributed by atoms with van der Waals surface area (Å²) in [5.74, 6) is 0.908. The van der Waals surface area contributed by atoms with Crippen LogP contribution in [0.2, 0.25) is 0 Å². The summed E-state index contributed by atoms with van der Waals surface area (Å²) in [5.41, 5.74) is 1.47. The van der Waals surface area contributed by atoms with Gasteiger partial charge in [0.05, 0.1) is 34.9 Å². The first kappa shape index (κ1) is 17.9. The van der Waals surface area contributed by atoms with E-state index in [0.29, 0.717) is 33.6 Å². The van der Waals surface area contributed by atoms with Gasteiger partial charge in [0.15, 0.2) is 0 Å². The third kappa shape index (κ3) is 3.83. The first-order valence-electron chi connectivity index (χ1n) is 7.80. The molecule has 0 aliphatic rings. The number of benzene rings is 2. The molecule has 7 heteroatoms. The molecule has 3 aromatic rings. The van der Waals surface area contributed by atoms with Crippen molar-refractivity contribution in [2.45, 2.75) is 17.6 Å². The highest BCUT2D eigenvalue weighted by Crippen LogP contribution is 2.24. The van der Waals surface area contributed by atoms with Gasteiger partial charge in [0.25, 0.3) is 0 Å². The van der Waals surface area contributed by atoms with Crippen LogP contribution in [0.15, 0.2) is 57.8 Å². The second-order valence-corrected chi connectivity index (χ2v) is 7.02. The number of aromatic nitrogens is 1. The summed E-state index contributed by atoms with van der Waals surface area (Å²) in [6.07, 6.45) is 0. The van der Waals surface area contributed by atoms with Crippen LogP contribution in [0.25, 0.3) is 11.5 Å². The van der Waals surface area contributed by atoms with Gasteiger partial charge in [-0.15, -0.1) is 0 Å². The summed E-state index contributed by atoms with van der Waals surface area (Å²) in [4.78, 5) is 16.0. The molecule has 0 aliphatic heterocycles. The minimum Gasteiger partial charge on any atom is -0.497 e. The van der Waals surface area contributed by atoms with Gasteiger partial charge in [-0.3, -0.25) is 4.21 Å². The SMILES string of the molecule is COc1ccc(S(=O)Cc2nc(-c3ccc(C(=O)O)cc3)oc2C)cc1. The standard InChI is InChI=1S/C19H17NO5S/c1-12-17(11-26(23)16-9-7-15(24-2)8-10-16)20-18(25-12)13-3-5-14(6-4-13)19(21)22/h3-10H,11H2,1-2H3,(H,21,22). The molecule has 3 rings (SSSR count). The zero-order chi connectivity index (χ0) is 18.7. The average Bonchev–Trinajstić information content (AvgIpc) is 3.02. The van der Waals surface area contributed by atoms with Crippen LogP contribution in [-0.2, 0) is 16.6 Å². The molecule has 0 fully saturated rings. The number of carboxylic acids is 1. The van der Waals surface area contributed by atoms with Gasteiger partial charge in [-0.25, -0.2) is 9.78 Å². The Morgan fingerprint density at radius 3 is 2.38 bits per heavy atom. The smallest absolute Gasteiger partial charge is 0.335 e. The fourth-order valence-corrected chi connectivity index (χ4v) is 3.50. The Morgan fingerprint density at radius 1 is 1.15 bits per heavy atom. The molecule has 26 heavy (non-hydrogen) atoms. The quantitative estimate of drug-likeness (QED) is 0.711. The van der Waals surface area contributed by atoms with Gasteiger partial charge in [0.2, 0.25) is 5.89 Å². The molecule has 6 nitrogen and oxygen atoms in total. The third-order valence-electron chi connectivity index (χ3n) is 3.86. The van der Waals surface area contributed by atoms with E-state index in [1.54, 1.807) is 50.4 Å². The zero-order valence-corrected chi connectivity index (χ0v) is 15.1. The number of ether oxygens (including phenoxy) is 1. The maximum Gasteiger partial charge on any atom is 0.335 e. The Bertz CT molecular complexity index is 945. The van der Waals surface area contributed by atoms with Crippen molar-refractivity contribution in [1.29, 1.82) is 0 Å². The van der Waals surface area contributed by atoms with Crippen molar-refractivity contribution in [2.24, 2.45) is 0 Å². The molecule has 0 radical (unpaired) electrons. The number of carbonyl (C=O) groups is 1. The Morgan fingerprint density at radius 2 is 1.81 bits per heavy atom. The number of rotatable bonds is 6. The van der Waals surface area contributed by atoms with Crippen LogP contribution in [0.1, 0.15) is 21.8 Å². The van der Waals surface area contributed by atoms with E-state index >= 15 is 0 Å². The fourth-order valence-electron chi connectivity index (χ4n) is 2.38. The Labute approximate surface area is 152 Å². The summed E-state index contributed by atoms with van der Waals surface area (Å²) in [5, 5.41) is 8.95. The van der Waals surface area contributed by atoms with Gasteiger partial charge < -0.3 is 14.3 Å². The Kier molecular flexibility index (Phi) is 5.18. The number of hydrogen-bond acceptors (Lipinski definition) is 5.